The van der Waals surface area contributed by atoms with Gasteiger partial charge in [0, 0.05) is 39.8 Å². The molecule has 356 valence electrons. The fourth-order valence-electron chi connectivity index (χ4n) is 11.8. The summed E-state index contributed by atoms with van der Waals surface area (Å²) >= 11 is 0. The highest BCUT2D eigenvalue weighted by Gasteiger charge is 2.29. The summed E-state index contributed by atoms with van der Waals surface area (Å²) in [7, 11) is 3.35. The van der Waals surface area contributed by atoms with Gasteiger partial charge in [-0.2, -0.15) is 0 Å². The van der Waals surface area contributed by atoms with Crippen LogP contribution in [0.15, 0.2) is 96.1 Å². The van der Waals surface area contributed by atoms with Crippen molar-refractivity contribution in [2.45, 2.75) is 155 Å². The molecule has 0 aliphatic heterocycles. The normalized spacial score (nSPS) is 19.1. The van der Waals surface area contributed by atoms with Gasteiger partial charge < -0.3 is 29.2 Å². The average molecular weight is 913 g/mol. The average Bonchev–Trinajstić information content (AvgIpc) is 3.34. The molecule has 0 bridgehead atoms. The van der Waals surface area contributed by atoms with Gasteiger partial charge in [0.2, 0.25) is 0 Å². The fraction of sp³-hybridized carbons (Fsp3) is 0.419. The van der Waals surface area contributed by atoms with Crippen molar-refractivity contribution in [3.05, 3.63) is 135 Å². The maximum absolute atomic E-state index is 12.5. The molecule has 0 saturated heterocycles. The van der Waals surface area contributed by atoms with E-state index in [1.54, 1.807) is 14.2 Å². The number of methoxy groups -OCH3 is 2. The highest BCUT2D eigenvalue weighted by molar-refractivity contribution is 5.92. The van der Waals surface area contributed by atoms with Crippen LogP contribution in [0.4, 0.5) is 0 Å². The largest absolute Gasteiger partial charge is 0.507 e. The molecule has 0 spiro atoms. The topological polar surface area (TPSA) is 77.4 Å². The van der Waals surface area contributed by atoms with Gasteiger partial charge in [0.15, 0.2) is 0 Å². The molecule has 0 heterocycles. The fourth-order valence-corrected chi connectivity index (χ4v) is 11.8. The SMILES string of the molecule is C=C1CCCCC/C=C2/CCCC/C2=C/1c1cc(C)cc(-c2cc(OC)ccc2OC(C)C[C@H](C)Oc2ccc(OC)cc2-c2cc(C)cc(-c3c4c(cc5c3CCCC5)CCCC4)c2O)c1O. The number of ether oxygens (including phenoxy) is 4. The molecule has 1 saturated carbocycles. The number of aryl methyl sites for hydroxylation is 4. The highest BCUT2D eigenvalue weighted by Crippen LogP contribution is 2.50. The van der Waals surface area contributed by atoms with Crippen LogP contribution in [0.1, 0.15) is 143 Å². The van der Waals surface area contributed by atoms with Gasteiger partial charge in [0.25, 0.3) is 0 Å². The molecular weight excluding hydrogens is 841 g/mol. The molecule has 0 radical (unpaired) electrons. The second kappa shape index (κ2) is 20.8. The predicted octanol–water partition coefficient (Wildman–Crippen LogP) is 15.9. The Morgan fingerprint density at radius 2 is 1.03 bits per heavy atom. The zero-order chi connectivity index (χ0) is 47.5. The summed E-state index contributed by atoms with van der Waals surface area (Å²) in [5, 5.41) is 25.0. The summed E-state index contributed by atoms with van der Waals surface area (Å²) in [5.41, 5.74) is 19.0. The lowest BCUT2D eigenvalue weighted by Crippen LogP contribution is -2.23. The maximum Gasteiger partial charge on any atom is 0.131 e. The van der Waals surface area contributed by atoms with E-state index in [0.29, 0.717) is 35.0 Å². The van der Waals surface area contributed by atoms with Crippen molar-refractivity contribution in [1.82, 2.24) is 0 Å². The Morgan fingerprint density at radius 3 is 1.62 bits per heavy atom. The number of phenols is 2. The minimum atomic E-state index is -0.266. The third-order valence-corrected chi connectivity index (χ3v) is 15.0. The first-order chi connectivity index (χ1) is 33.0. The molecule has 0 amide bonds. The second-order valence-electron chi connectivity index (χ2n) is 20.2. The quantitative estimate of drug-likeness (QED) is 0.130. The summed E-state index contributed by atoms with van der Waals surface area (Å²) in [6.07, 6.45) is 21.5. The molecule has 6 nitrogen and oxygen atoms in total. The maximum atomic E-state index is 12.5. The summed E-state index contributed by atoms with van der Waals surface area (Å²) in [6.45, 7) is 13.0. The van der Waals surface area contributed by atoms with E-state index < -0.39 is 0 Å². The number of benzene rings is 5. The van der Waals surface area contributed by atoms with Crippen LogP contribution in [0.5, 0.6) is 34.5 Å². The van der Waals surface area contributed by atoms with E-state index in [4.69, 9.17) is 18.9 Å². The molecule has 6 heteroatoms. The molecule has 68 heavy (non-hydrogen) atoms. The summed E-state index contributed by atoms with van der Waals surface area (Å²) in [6, 6.07) is 22.6. The van der Waals surface area contributed by atoms with Gasteiger partial charge in [-0.05, 0) is 252 Å². The van der Waals surface area contributed by atoms with Crippen molar-refractivity contribution in [1.29, 1.82) is 0 Å². The van der Waals surface area contributed by atoms with Crippen LogP contribution in [0.3, 0.4) is 0 Å². The smallest absolute Gasteiger partial charge is 0.131 e. The van der Waals surface area contributed by atoms with Gasteiger partial charge in [0.1, 0.15) is 34.5 Å². The first kappa shape index (κ1) is 47.2. The Balaban J connectivity index is 1.02. The number of allylic oxidation sites excluding steroid dienone is 5. The van der Waals surface area contributed by atoms with Gasteiger partial charge in [0.05, 0.1) is 26.4 Å². The molecular formula is C62H72O6. The summed E-state index contributed by atoms with van der Waals surface area (Å²) < 4.78 is 25.3. The third-order valence-electron chi connectivity index (χ3n) is 15.0. The van der Waals surface area contributed by atoms with E-state index >= 15 is 0 Å². The zero-order valence-corrected chi connectivity index (χ0v) is 41.5. The van der Waals surface area contributed by atoms with Crippen LogP contribution < -0.4 is 18.9 Å². The molecule has 5 aromatic rings. The van der Waals surface area contributed by atoms with Crippen LogP contribution in [-0.4, -0.2) is 36.6 Å². The van der Waals surface area contributed by atoms with E-state index in [1.165, 1.54) is 83.9 Å². The number of hydrogen-bond acceptors (Lipinski definition) is 6. The van der Waals surface area contributed by atoms with Crippen LogP contribution >= 0.6 is 0 Å². The monoisotopic (exact) mass is 913 g/mol. The van der Waals surface area contributed by atoms with Gasteiger partial charge >= 0.3 is 0 Å². The molecule has 2 N–H and O–H groups in total. The summed E-state index contributed by atoms with van der Waals surface area (Å²) in [4.78, 5) is 0. The predicted molar refractivity (Wildman–Crippen MR) is 279 cm³/mol. The van der Waals surface area contributed by atoms with Crippen LogP contribution in [-0.2, 0) is 25.7 Å². The van der Waals surface area contributed by atoms with E-state index in [-0.39, 0.29) is 23.7 Å². The number of aromatic hydroxyl groups is 2. The van der Waals surface area contributed by atoms with Crippen LogP contribution in [0.2, 0.25) is 0 Å². The lowest BCUT2D eigenvalue weighted by atomic mass is 9.76. The molecule has 2 atom stereocenters. The van der Waals surface area contributed by atoms with Crippen molar-refractivity contribution < 1.29 is 29.2 Å². The zero-order valence-electron chi connectivity index (χ0n) is 41.5. The molecule has 0 aromatic heterocycles. The molecule has 5 aromatic carbocycles. The molecule has 9 rings (SSSR count). The molecule has 4 aliphatic rings. The van der Waals surface area contributed by atoms with Crippen molar-refractivity contribution in [2.75, 3.05) is 14.2 Å². The van der Waals surface area contributed by atoms with Crippen molar-refractivity contribution in [2.24, 2.45) is 0 Å². The number of rotatable bonds is 12. The first-order valence-electron chi connectivity index (χ1n) is 25.7. The standard InChI is InChI=1S/C62H72O6/c1-38-30-53(61(63)55(32-38)59-40(3)18-10-8-9-11-19-43-20-12-15-23-48(43)59)51-36-46(65-6)26-28-57(51)67-41(4)34-42(5)68-58-29-27-47(66-7)37-52(58)54-31-39(2)33-56(62(54)64)60-49-24-16-13-21-44(49)35-45-22-14-17-25-50(45)60/h19,26-33,35-37,41-42,63-64H,3,8-18,20-25,34H2,1-2,4-7H3/b43-19-,59-48+/t41?,42-/m0/s1. The van der Waals surface area contributed by atoms with Crippen molar-refractivity contribution in [3.63, 3.8) is 0 Å². The summed E-state index contributed by atoms with van der Waals surface area (Å²) in [5.74, 6) is 3.24. The lowest BCUT2D eigenvalue weighted by Gasteiger charge is -2.29. The Morgan fingerprint density at radius 1 is 0.529 bits per heavy atom. The number of hydrogen-bond donors (Lipinski definition) is 2. The lowest BCUT2D eigenvalue weighted by molar-refractivity contribution is 0.131. The van der Waals surface area contributed by atoms with Crippen molar-refractivity contribution >= 4 is 5.57 Å². The van der Waals surface area contributed by atoms with E-state index in [1.807, 2.05) is 36.4 Å². The van der Waals surface area contributed by atoms with E-state index in [0.717, 1.165) is 114 Å². The number of fused-ring (bicyclic) bond motifs is 3. The van der Waals surface area contributed by atoms with E-state index in [2.05, 4.69) is 70.7 Å². The molecule has 1 fully saturated rings. The first-order valence-corrected chi connectivity index (χ1v) is 25.7. The molecule has 4 aliphatic carbocycles. The third kappa shape index (κ3) is 9.84. The minimum Gasteiger partial charge on any atom is -0.507 e. The minimum absolute atomic E-state index is 0.241. The van der Waals surface area contributed by atoms with Gasteiger partial charge in [-0.3, -0.25) is 0 Å². The molecule has 1 unspecified atom stereocenters. The van der Waals surface area contributed by atoms with Gasteiger partial charge in [-0.1, -0.05) is 25.1 Å². The van der Waals surface area contributed by atoms with Crippen molar-refractivity contribution in [3.8, 4) is 67.9 Å². The van der Waals surface area contributed by atoms with Crippen LogP contribution in [0.25, 0.3) is 39.0 Å². The van der Waals surface area contributed by atoms with Gasteiger partial charge in [-0.25, -0.2) is 0 Å². The van der Waals surface area contributed by atoms with Crippen LogP contribution in [0, 0.1) is 13.8 Å². The highest BCUT2D eigenvalue weighted by atomic mass is 16.5. The Hall–Kier alpha value is -5.88. The van der Waals surface area contributed by atoms with Gasteiger partial charge in [-0.15, -0.1) is 0 Å². The second-order valence-corrected chi connectivity index (χ2v) is 20.2. The number of phenolic OH excluding ortho intramolecular Hbond substituents is 2. The Bertz CT molecular complexity index is 2730. The van der Waals surface area contributed by atoms with E-state index in [9.17, 15) is 10.2 Å². The Kier molecular flexibility index (Phi) is 14.4. The Labute approximate surface area is 405 Å².